The molecule has 12 heteroatoms. The van der Waals surface area contributed by atoms with Crippen LogP contribution in [0.15, 0.2) is 30.7 Å². The maximum absolute atomic E-state index is 12.6. The number of alkyl halides is 6. The largest absolute Gasteiger partial charge is 0.435 e. The molecule has 0 spiro atoms. The molecule has 132 valence electrons. The maximum atomic E-state index is 12.6. The van der Waals surface area contributed by atoms with Crippen LogP contribution in [0.4, 0.5) is 26.3 Å². The standard InChI is InChI=1S/C13H8F6N6/c1-7-6-20-11(25-5-3-9(23-25)13(17,18)19)21-10(7)24-4-2-8(22-24)12(14,15)16/h2-6H,1H3. The summed E-state index contributed by atoms with van der Waals surface area (Å²) in [6.07, 6.45) is -5.96. The minimum absolute atomic E-state index is 0.00967. The molecule has 0 fully saturated rings. The predicted molar refractivity (Wildman–Crippen MR) is 71.0 cm³/mol. The van der Waals surface area contributed by atoms with Gasteiger partial charge in [0.15, 0.2) is 17.2 Å². The molecule has 0 amide bonds. The van der Waals surface area contributed by atoms with Crippen molar-refractivity contribution in [3.8, 4) is 11.8 Å². The third-order valence-corrected chi connectivity index (χ3v) is 3.11. The summed E-state index contributed by atoms with van der Waals surface area (Å²) in [5.74, 6) is -0.246. The van der Waals surface area contributed by atoms with Gasteiger partial charge in [-0.2, -0.15) is 41.5 Å². The molecule has 0 bridgehead atoms. The highest BCUT2D eigenvalue weighted by atomic mass is 19.4. The normalized spacial score (nSPS) is 12.6. The zero-order valence-corrected chi connectivity index (χ0v) is 12.3. The summed E-state index contributed by atoms with van der Waals surface area (Å²) in [5, 5.41) is 6.70. The van der Waals surface area contributed by atoms with Crippen molar-refractivity contribution in [3.63, 3.8) is 0 Å². The number of aryl methyl sites for hydroxylation is 1. The first-order chi connectivity index (χ1) is 11.6. The monoisotopic (exact) mass is 362 g/mol. The van der Waals surface area contributed by atoms with Crippen LogP contribution in [0.5, 0.6) is 0 Å². The molecule has 0 unspecified atom stereocenters. The van der Waals surface area contributed by atoms with Crippen LogP contribution in [-0.4, -0.2) is 29.5 Å². The van der Waals surface area contributed by atoms with E-state index in [1.54, 1.807) is 0 Å². The molecule has 3 aromatic rings. The van der Waals surface area contributed by atoms with E-state index in [1.165, 1.54) is 13.1 Å². The Morgan fingerprint density at radius 1 is 0.840 bits per heavy atom. The molecule has 25 heavy (non-hydrogen) atoms. The molecular weight excluding hydrogens is 354 g/mol. The van der Waals surface area contributed by atoms with Crippen LogP contribution in [-0.2, 0) is 12.4 Å². The van der Waals surface area contributed by atoms with Gasteiger partial charge in [-0.1, -0.05) is 0 Å². The topological polar surface area (TPSA) is 61.4 Å². The maximum Gasteiger partial charge on any atom is 0.435 e. The Morgan fingerprint density at radius 3 is 1.88 bits per heavy atom. The van der Waals surface area contributed by atoms with Crippen molar-refractivity contribution >= 4 is 0 Å². The molecule has 0 saturated carbocycles. The van der Waals surface area contributed by atoms with Crippen molar-refractivity contribution in [1.82, 2.24) is 29.5 Å². The zero-order valence-electron chi connectivity index (χ0n) is 12.3. The fourth-order valence-electron chi connectivity index (χ4n) is 1.95. The van der Waals surface area contributed by atoms with Crippen LogP contribution < -0.4 is 0 Å². The van der Waals surface area contributed by atoms with E-state index in [-0.39, 0.29) is 11.8 Å². The van der Waals surface area contributed by atoms with Gasteiger partial charge in [0.2, 0.25) is 0 Å². The second kappa shape index (κ2) is 5.57. The number of aromatic nitrogens is 6. The zero-order chi connectivity index (χ0) is 18.4. The van der Waals surface area contributed by atoms with Crippen LogP contribution in [0.1, 0.15) is 17.0 Å². The average molecular weight is 362 g/mol. The Labute approximate surface area is 135 Å². The second-order valence-electron chi connectivity index (χ2n) is 4.96. The first kappa shape index (κ1) is 16.9. The van der Waals surface area contributed by atoms with Gasteiger partial charge in [-0.15, -0.1) is 0 Å². The van der Waals surface area contributed by atoms with E-state index < -0.39 is 23.7 Å². The predicted octanol–water partition coefficient (Wildman–Crippen LogP) is 3.19. The second-order valence-corrected chi connectivity index (χ2v) is 4.96. The van der Waals surface area contributed by atoms with Gasteiger partial charge in [-0.05, 0) is 19.1 Å². The van der Waals surface area contributed by atoms with Gasteiger partial charge in [0.25, 0.3) is 5.95 Å². The Bertz CT molecular complexity index is 906. The molecule has 3 heterocycles. The van der Waals surface area contributed by atoms with Crippen LogP contribution in [0.25, 0.3) is 11.8 Å². The van der Waals surface area contributed by atoms with Crippen LogP contribution >= 0.6 is 0 Å². The third-order valence-electron chi connectivity index (χ3n) is 3.11. The number of nitrogens with zero attached hydrogens (tertiary/aromatic N) is 6. The first-order valence-electron chi connectivity index (χ1n) is 6.66. The Morgan fingerprint density at radius 2 is 1.36 bits per heavy atom. The molecule has 0 aliphatic carbocycles. The molecule has 0 aromatic carbocycles. The summed E-state index contributed by atoms with van der Waals surface area (Å²) < 4.78 is 77.4. The molecular formula is C13H8F6N6. The van der Waals surface area contributed by atoms with Gasteiger partial charge in [-0.3, -0.25) is 0 Å². The minimum atomic E-state index is -4.64. The van der Waals surface area contributed by atoms with Gasteiger partial charge in [-0.25, -0.2) is 14.3 Å². The fraction of sp³-hybridized carbons (Fsp3) is 0.231. The summed E-state index contributed by atoms with van der Waals surface area (Å²) >= 11 is 0. The van der Waals surface area contributed by atoms with E-state index in [2.05, 4.69) is 20.2 Å². The van der Waals surface area contributed by atoms with E-state index in [1.807, 2.05) is 0 Å². The lowest BCUT2D eigenvalue weighted by Crippen LogP contribution is -2.12. The Balaban J connectivity index is 2.01. The van der Waals surface area contributed by atoms with Gasteiger partial charge < -0.3 is 0 Å². The Kier molecular flexibility index (Phi) is 3.77. The van der Waals surface area contributed by atoms with Crippen molar-refractivity contribution in [2.45, 2.75) is 19.3 Å². The van der Waals surface area contributed by atoms with Gasteiger partial charge in [0.1, 0.15) is 0 Å². The van der Waals surface area contributed by atoms with E-state index in [0.29, 0.717) is 5.56 Å². The Hall–Kier alpha value is -2.92. The third kappa shape index (κ3) is 3.32. The van der Waals surface area contributed by atoms with Crippen LogP contribution in [0, 0.1) is 6.92 Å². The lowest BCUT2D eigenvalue weighted by molar-refractivity contribution is -0.142. The molecule has 0 aliphatic heterocycles. The molecule has 3 rings (SSSR count). The number of hydrogen-bond acceptors (Lipinski definition) is 4. The van der Waals surface area contributed by atoms with Gasteiger partial charge in [0, 0.05) is 24.2 Å². The number of rotatable bonds is 2. The lowest BCUT2D eigenvalue weighted by Gasteiger charge is -2.07. The van der Waals surface area contributed by atoms with Crippen molar-refractivity contribution in [1.29, 1.82) is 0 Å². The van der Waals surface area contributed by atoms with Gasteiger partial charge in [0.05, 0.1) is 0 Å². The van der Waals surface area contributed by atoms with Crippen molar-refractivity contribution in [2.24, 2.45) is 0 Å². The lowest BCUT2D eigenvalue weighted by atomic mass is 10.3. The van der Waals surface area contributed by atoms with Crippen LogP contribution in [0.2, 0.25) is 0 Å². The SMILES string of the molecule is Cc1cnc(-n2ccc(C(F)(F)F)n2)nc1-n1ccc(C(F)(F)F)n1. The number of halogens is 6. The van der Waals surface area contributed by atoms with Crippen LogP contribution in [0.3, 0.4) is 0 Å². The van der Waals surface area contributed by atoms with Crippen molar-refractivity contribution < 1.29 is 26.3 Å². The molecule has 0 aliphatic rings. The summed E-state index contributed by atoms with van der Waals surface area (Å²) in [4.78, 5) is 7.80. The van der Waals surface area contributed by atoms with Crippen molar-refractivity contribution in [3.05, 3.63) is 47.7 Å². The molecule has 0 saturated heterocycles. The molecule has 0 N–H and O–H groups in total. The smallest absolute Gasteiger partial charge is 0.222 e. The van der Waals surface area contributed by atoms with Crippen molar-refractivity contribution in [2.75, 3.05) is 0 Å². The van der Waals surface area contributed by atoms with E-state index in [0.717, 1.165) is 33.9 Å². The fourth-order valence-corrected chi connectivity index (χ4v) is 1.95. The highest BCUT2D eigenvalue weighted by Crippen LogP contribution is 2.29. The summed E-state index contributed by atoms with van der Waals surface area (Å²) in [5.41, 5.74) is -1.88. The highest BCUT2D eigenvalue weighted by Gasteiger charge is 2.35. The van der Waals surface area contributed by atoms with E-state index in [9.17, 15) is 26.3 Å². The summed E-state index contributed by atoms with van der Waals surface area (Å²) in [6.45, 7) is 1.53. The number of hydrogen-bond donors (Lipinski definition) is 0. The van der Waals surface area contributed by atoms with Gasteiger partial charge >= 0.3 is 12.4 Å². The molecule has 0 atom stereocenters. The van der Waals surface area contributed by atoms with E-state index in [4.69, 9.17) is 0 Å². The summed E-state index contributed by atoms with van der Waals surface area (Å²) in [7, 11) is 0. The average Bonchev–Trinajstić information content (AvgIpc) is 3.16. The quantitative estimate of drug-likeness (QED) is 0.657. The van der Waals surface area contributed by atoms with E-state index >= 15 is 0 Å². The minimum Gasteiger partial charge on any atom is -0.222 e. The highest BCUT2D eigenvalue weighted by molar-refractivity contribution is 5.33. The molecule has 6 nitrogen and oxygen atoms in total. The molecule has 3 aromatic heterocycles. The first-order valence-corrected chi connectivity index (χ1v) is 6.66. The summed E-state index contributed by atoms with van der Waals surface area (Å²) in [6, 6.07) is 1.50. The molecule has 0 radical (unpaired) electrons.